The van der Waals surface area contributed by atoms with Crippen molar-refractivity contribution in [1.82, 2.24) is 19.7 Å². The van der Waals surface area contributed by atoms with Gasteiger partial charge in [-0.1, -0.05) is 30.3 Å². The fraction of sp³-hybridized carbons (Fsp3) is 0.208. The minimum absolute atomic E-state index is 0.0805. The molecular formula is C24H22N4O3. The van der Waals surface area contributed by atoms with Crippen LogP contribution in [0.4, 0.5) is 0 Å². The Hall–Kier alpha value is -3.87. The van der Waals surface area contributed by atoms with Crippen molar-refractivity contribution in [3.05, 3.63) is 82.3 Å². The first-order chi connectivity index (χ1) is 15.1. The molecular weight excluding hydrogens is 392 g/mol. The van der Waals surface area contributed by atoms with Gasteiger partial charge in [-0.2, -0.15) is 5.10 Å². The van der Waals surface area contributed by atoms with E-state index in [2.05, 4.69) is 10.1 Å². The topological polar surface area (TPSA) is 80.2 Å². The molecule has 0 fully saturated rings. The predicted molar refractivity (Wildman–Crippen MR) is 118 cm³/mol. The highest BCUT2D eigenvalue weighted by Gasteiger charge is 2.24. The first kappa shape index (κ1) is 19.1. The summed E-state index contributed by atoms with van der Waals surface area (Å²) in [5.41, 5.74) is 4.57. The van der Waals surface area contributed by atoms with Crippen molar-refractivity contribution in [1.29, 1.82) is 0 Å². The maximum Gasteiger partial charge on any atom is 0.267 e. The zero-order chi connectivity index (χ0) is 21.4. The lowest BCUT2D eigenvalue weighted by atomic mass is 10.0. The molecule has 0 saturated carbocycles. The largest absolute Gasteiger partial charge is 0.497 e. The Morgan fingerprint density at radius 1 is 1.13 bits per heavy atom. The van der Waals surface area contributed by atoms with Crippen molar-refractivity contribution in [3.63, 3.8) is 0 Å². The third-order valence-electron chi connectivity index (χ3n) is 5.76. The molecule has 0 spiro atoms. The molecule has 1 aliphatic rings. The van der Waals surface area contributed by atoms with Crippen LogP contribution in [0.15, 0.2) is 65.5 Å². The second-order valence-electron chi connectivity index (χ2n) is 7.64. The number of fused-ring (bicyclic) bond motifs is 3. The first-order valence-corrected chi connectivity index (χ1v) is 10.2. The monoisotopic (exact) mass is 414 g/mol. The van der Waals surface area contributed by atoms with Gasteiger partial charge in [0.25, 0.3) is 5.56 Å². The van der Waals surface area contributed by atoms with Gasteiger partial charge in [-0.3, -0.25) is 9.59 Å². The summed E-state index contributed by atoms with van der Waals surface area (Å²) in [6, 6.07) is 18.7. The van der Waals surface area contributed by atoms with E-state index in [1.807, 2.05) is 48.5 Å². The molecule has 156 valence electrons. The zero-order valence-corrected chi connectivity index (χ0v) is 17.2. The molecule has 0 bridgehead atoms. The third-order valence-corrected chi connectivity index (χ3v) is 5.76. The Balaban J connectivity index is 1.37. The lowest BCUT2D eigenvalue weighted by Gasteiger charge is -2.27. The number of hydrogen-bond acceptors (Lipinski definition) is 4. The number of nitrogens with zero attached hydrogens (tertiary/aromatic N) is 3. The second-order valence-corrected chi connectivity index (χ2v) is 7.64. The number of amides is 1. The summed E-state index contributed by atoms with van der Waals surface area (Å²) in [5.74, 6) is 0.693. The van der Waals surface area contributed by atoms with Gasteiger partial charge in [0, 0.05) is 34.8 Å². The number of hydrogen-bond donors (Lipinski definition) is 1. The summed E-state index contributed by atoms with van der Waals surface area (Å²) < 4.78 is 6.59. The van der Waals surface area contributed by atoms with Crippen LogP contribution < -0.4 is 10.3 Å². The Bertz CT molecular complexity index is 1320. The number of aromatic amines is 1. The van der Waals surface area contributed by atoms with Gasteiger partial charge in [-0.15, -0.1) is 0 Å². The van der Waals surface area contributed by atoms with Gasteiger partial charge in [0.05, 0.1) is 19.3 Å². The van der Waals surface area contributed by atoms with Gasteiger partial charge in [-0.25, -0.2) is 4.68 Å². The molecule has 31 heavy (non-hydrogen) atoms. The molecule has 0 saturated heterocycles. The van der Waals surface area contributed by atoms with Crippen LogP contribution in [0, 0.1) is 0 Å². The van der Waals surface area contributed by atoms with Crippen LogP contribution >= 0.6 is 0 Å². The molecule has 0 unspecified atom stereocenters. The molecule has 0 atom stereocenters. The lowest BCUT2D eigenvalue weighted by molar-refractivity contribution is -0.133. The summed E-state index contributed by atoms with van der Waals surface area (Å²) in [6.07, 6.45) is 0.751. The number of carbonyl (C=O) groups excluding carboxylic acids is 1. The van der Waals surface area contributed by atoms with E-state index in [1.54, 1.807) is 18.1 Å². The number of ether oxygens (including phenoxy) is 1. The normalized spacial score (nSPS) is 13.3. The van der Waals surface area contributed by atoms with E-state index in [9.17, 15) is 9.59 Å². The number of benzene rings is 2. The number of aromatic nitrogens is 3. The quantitative estimate of drug-likeness (QED) is 0.557. The van der Waals surface area contributed by atoms with Gasteiger partial charge in [-0.05, 0) is 36.2 Å². The van der Waals surface area contributed by atoms with Crippen LogP contribution in [0.1, 0.15) is 11.3 Å². The van der Waals surface area contributed by atoms with Crippen molar-refractivity contribution in [2.24, 2.45) is 0 Å². The van der Waals surface area contributed by atoms with Crippen molar-refractivity contribution in [3.8, 4) is 17.0 Å². The smallest absolute Gasteiger partial charge is 0.267 e. The second kappa shape index (κ2) is 7.75. The summed E-state index contributed by atoms with van der Waals surface area (Å²) >= 11 is 0. The molecule has 2 aromatic heterocycles. The van der Waals surface area contributed by atoms with Crippen LogP contribution in [0.25, 0.3) is 22.2 Å². The standard InChI is InChI=1S/C24H22N4O3/c1-31-17-7-8-21-19(13-17)18-11-12-27(14-22(18)25-21)24(30)15-28-23(29)10-9-20(26-28)16-5-3-2-4-6-16/h2-10,13,25H,11-12,14-15H2,1H3. The SMILES string of the molecule is COc1ccc2[nH]c3c(c2c1)CCN(C(=O)Cn1nc(-c2ccccc2)ccc1=O)C3. The van der Waals surface area contributed by atoms with Gasteiger partial charge in [0.1, 0.15) is 12.3 Å². The van der Waals surface area contributed by atoms with E-state index in [0.29, 0.717) is 18.8 Å². The maximum atomic E-state index is 13.0. The van der Waals surface area contributed by atoms with Gasteiger partial charge in [0.15, 0.2) is 0 Å². The van der Waals surface area contributed by atoms with Crippen molar-refractivity contribution in [2.75, 3.05) is 13.7 Å². The molecule has 1 aliphatic heterocycles. The molecule has 3 heterocycles. The summed E-state index contributed by atoms with van der Waals surface area (Å²) in [5, 5.41) is 5.54. The molecule has 7 nitrogen and oxygen atoms in total. The van der Waals surface area contributed by atoms with Crippen molar-refractivity contribution in [2.45, 2.75) is 19.5 Å². The minimum Gasteiger partial charge on any atom is -0.497 e. The lowest BCUT2D eigenvalue weighted by Crippen LogP contribution is -2.40. The average Bonchev–Trinajstić information content (AvgIpc) is 3.18. The van der Waals surface area contributed by atoms with Crippen LogP contribution in [-0.4, -0.2) is 39.2 Å². The molecule has 5 rings (SSSR count). The number of rotatable bonds is 4. The molecule has 0 aliphatic carbocycles. The van der Waals surface area contributed by atoms with E-state index in [0.717, 1.165) is 34.3 Å². The average molecular weight is 414 g/mol. The van der Waals surface area contributed by atoms with Crippen molar-refractivity contribution >= 4 is 16.8 Å². The number of methoxy groups -OCH3 is 1. The van der Waals surface area contributed by atoms with Crippen LogP contribution in [0.2, 0.25) is 0 Å². The highest BCUT2D eigenvalue weighted by atomic mass is 16.5. The number of carbonyl (C=O) groups is 1. The molecule has 0 radical (unpaired) electrons. The number of nitrogens with one attached hydrogen (secondary N) is 1. The maximum absolute atomic E-state index is 13.0. The Morgan fingerprint density at radius 3 is 2.77 bits per heavy atom. The van der Waals surface area contributed by atoms with Gasteiger partial charge in [0.2, 0.25) is 5.91 Å². The van der Waals surface area contributed by atoms with Gasteiger partial charge >= 0.3 is 0 Å². The molecule has 4 aromatic rings. The Labute approximate surface area is 178 Å². The Kier molecular flexibility index (Phi) is 4.78. The summed E-state index contributed by atoms with van der Waals surface area (Å²) in [6.45, 7) is 1.00. The molecule has 7 heteroatoms. The summed E-state index contributed by atoms with van der Waals surface area (Å²) in [4.78, 5) is 30.5. The van der Waals surface area contributed by atoms with E-state index >= 15 is 0 Å². The predicted octanol–water partition coefficient (Wildman–Crippen LogP) is 2.99. The molecule has 2 aromatic carbocycles. The summed E-state index contributed by atoms with van der Waals surface area (Å²) in [7, 11) is 1.66. The van der Waals surface area contributed by atoms with E-state index in [-0.39, 0.29) is 18.0 Å². The van der Waals surface area contributed by atoms with Crippen LogP contribution in [0.3, 0.4) is 0 Å². The van der Waals surface area contributed by atoms with E-state index in [4.69, 9.17) is 4.74 Å². The third kappa shape index (κ3) is 3.59. The highest BCUT2D eigenvalue weighted by Crippen LogP contribution is 2.30. The Morgan fingerprint density at radius 2 is 1.97 bits per heavy atom. The minimum atomic E-state index is -0.288. The van der Waals surface area contributed by atoms with E-state index in [1.165, 1.54) is 16.3 Å². The van der Waals surface area contributed by atoms with Crippen LogP contribution in [0.5, 0.6) is 5.75 Å². The van der Waals surface area contributed by atoms with Gasteiger partial charge < -0.3 is 14.6 Å². The fourth-order valence-electron chi connectivity index (χ4n) is 4.11. The first-order valence-electron chi connectivity index (χ1n) is 10.2. The zero-order valence-electron chi connectivity index (χ0n) is 17.2. The molecule has 1 amide bonds. The van der Waals surface area contributed by atoms with E-state index < -0.39 is 0 Å². The fourth-order valence-corrected chi connectivity index (χ4v) is 4.11. The number of H-pyrrole nitrogens is 1. The molecule has 1 N–H and O–H groups in total. The highest BCUT2D eigenvalue weighted by molar-refractivity contribution is 5.87. The van der Waals surface area contributed by atoms with Crippen molar-refractivity contribution < 1.29 is 9.53 Å². The van der Waals surface area contributed by atoms with Crippen LogP contribution in [-0.2, 0) is 24.3 Å².